The van der Waals surface area contributed by atoms with Gasteiger partial charge in [0.1, 0.15) is 17.9 Å². The van der Waals surface area contributed by atoms with Gasteiger partial charge in [0.25, 0.3) is 0 Å². The summed E-state index contributed by atoms with van der Waals surface area (Å²) in [5.74, 6) is 0.362. The van der Waals surface area contributed by atoms with E-state index in [1.807, 2.05) is 19.1 Å². The molecular weight excluding hydrogens is 400 g/mol. The summed E-state index contributed by atoms with van der Waals surface area (Å²) < 4.78 is 10.3. The zero-order valence-electron chi connectivity index (χ0n) is 17.6. The van der Waals surface area contributed by atoms with Crippen molar-refractivity contribution in [2.75, 3.05) is 24.4 Å². The lowest BCUT2D eigenvalue weighted by atomic mass is 10.1. The molecule has 0 bridgehead atoms. The highest BCUT2D eigenvalue weighted by Crippen LogP contribution is 2.23. The van der Waals surface area contributed by atoms with Crippen molar-refractivity contribution in [1.29, 1.82) is 5.26 Å². The Morgan fingerprint density at radius 1 is 1.16 bits per heavy atom. The Hall–Kier alpha value is -3.77. The van der Waals surface area contributed by atoms with Gasteiger partial charge in [0, 0.05) is 17.4 Å². The first-order valence-corrected chi connectivity index (χ1v) is 9.74. The molecule has 9 nitrogen and oxygen atoms in total. The lowest BCUT2D eigenvalue weighted by Gasteiger charge is -2.18. The Bertz CT molecular complexity index is 953. The Morgan fingerprint density at radius 2 is 1.87 bits per heavy atom. The summed E-state index contributed by atoms with van der Waals surface area (Å²) in [4.78, 5) is 24.3. The number of hydrogen-bond donors (Lipinski definition) is 4. The van der Waals surface area contributed by atoms with E-state index in [1.165, 1.54) is 7.11 Å². The maximum absolute atomic E-state index is 12.3. The Labute approximate surface area is 181 Å². The van der Waals surface area contributed by atoms with Crippen LogP contribution in [-0.2, 0) is 4.74 Å². The summed E-state index contributed by atoms with van der Waals surface area (Å²) in [6.07, 6.45) is -0.665. The number of nitriles is 1. The molecule has 2 rings (SSSR count). The number of rotatable bonds is 8. The predicted molar refractivity (Wildman–Crippen MR) is 116 cm³/mol. The van der Waals surface area contributed by atoms with Crippen LogP contribution in [0.25, 0.3) is 0 Å². The van der Waals surface area contributed by atoms with Gasteiger partial charge in [-0.1, -0.05) is 19.1 Å². The van der Waals surface area contributed by atoms with Crippen molar-refractivity contribution < 1.29 is 24.2 Å². The van der Waals surface area contributed by atoms with E-state index in [4.69, 9.17) is 19.8 Å². The Kier molecular flexibility index (Phi) is 8.66. The van der Waals surface area contributed by atoms with Crippen LogP contribution in [0.1, 0.15) is 37.4 Å². The first-order valence-electron chi connectivity index (χ1n) is 9.74. The van der Waals surface area contributed by atoms with E-state index in [-0.39, 0.29) is 12.6 Å². The number of urea groups is 1. The number of benzene rings is 2. The number of ether oxygens (including phenoxy) is 2. The molecule has 0 aliphatic carbocycles. The smallest absolute Gasteiger partial charge is 0.407 e. The molecule has 164 valence electrons. The number of nitrogens with zero attached hydrogens (tertiary/aromatic N) is 1. The molecule has 0 fully saturated rings. The minimum Gasteiger partial charge on any atom is -0.495 e. The number of aliphatic hydroxyl groups excluding tert-OH is 1. The molecule has 0 aliphatic heterocycles. The third kappa shape index (κ3) is 6.90. The fourth-order valence-corrected chi connectivity index (χ4v) is 2.74. The first-order chi connectivity index (χ1) is 14.9. The van der Waals surface area contributed by atoms with Crippen molar-refractivity contribution in [3.63, 3.8) is 0 Å². The number of carbonyl (C=O) groups is 2. The van der Waals surface area contributed by atoms with Crippen molar-refractivity contribution in [2.45, 2.75) is 32.4 Å². The van der Waals surface area contributed by atoms with Crippen LogP contribution >= 0.6 is 0 Å². The second-order valence-electron chi connectivity index (χ2n) is 6.72. The molecule has 0 spiro atoms. The van der Waals surface area contributed by atoms with Crippen LogP contribution in [0.15, 0.2) is 42.5 Å². The van der Waals surface area contributed by atoms with Gasteiger partial charge in [0.15, 0.2) is 0 Å². The molecule has 0 aromatic heterocycles. The van der Waals surface area contributed by atoms with Crippen LogP contribution < -0.4 is 20.7 Å². The second-order valence-corrected chi connectivity index (χ2v) is 6.72. The van der Waals surface area contributed by atoms with E-state index in [1.54, 1.807) is 43.3 Å². The van der Waals surface area contributed by atoms with E-state index in [9.17, 15) is 9.59 Å². The number of carbonyl (C=O) groups excluding carboxylic acids is 2. The van der Waals surface area contributed by atoms with Crippen molar-refractivity contribution in [1.82, 2.24) is 5.32 Å². The molecule has 9 heteroatoms. The van der Waals surface area contributed by atoms with Crippen LogP contribution in [-0.4, -0.2) is 37.1 Å². The van der Waals surface area contributed by atoms with E-state index < -0.39 is 18.2 Å². The van der Waals surface area contributed by atoms with Gasteiger partial charge in [-0.2, -0.15) is 5.26 Å². The number of nitrogens with one attached hydrogen (secondary N) is 3. The minimum atomic E-state index is -0.626. The molecule has 0 heterocycles. The monoisotopic (exact) mass is 426 g/mol. The molecule has 31 heavy (non-hydrogen) atoms. The van der Waals surface area contributed by atoms with Crippen LogP contribution in [0.2, 0.25) is 0 Å². The Morgan fingerprint density at radius 3 is 2.48 bits per heavy atom. The number of anilines is 2. The predicted octanol–water partition coefficient (Wildman–Crippen LogP) is 3.77. The van der Waals surface area contributed by atoms with E-state index in [0.29, 0.717) is 29.1 Å². The third-order valence-electron chi connectivity index (χ3n) is 4.49. The average molecular weight is 426 g/mol. The van der Waals surface area contributed by atoms with Gasteiger partial charge in [-0.15, -0.1) is 0 Å². The first kappa shape index (κ1) is 23.5. The highest BCUT2D eigenvalue weighted by Gasteiger charge is 2.15. The van der Waals surface area contributed by atoms with Gasteiger partial charge in [-0.3, -0.25) is 0 Å². The summed E-state index contributed by atoms with van der Waals surface area (Å²) in [6.45, 7) is 3.35. The average Bonchev–Trinajstić information content (AvgIpc) is 2.77. The number of hydrogen-bond acceptors (Lipinski definition) is 6. The van der Waals surface area contributed by atoms with E-state index in [2.05, 4.69) is 16.0 Å². The normalized spacial score (nSPS) is 12.1. The van der Waals surface area contributed by atoms with E-state index in [0.717, 1.165) is 5.56 Å². The van der Waals surface area contributed by atoms with Crippen LogP contribution in [0.5, 0.6) is 5.75 Å². The van der Waals surface area contributed by atoms with E-state index >= 15 is 0 Å². The van der Waals surface area contributed by atoms with Crippen molar-refractivity contribution in [3.8, 4) is 11.8 Å². The largest absolute Gasteiger partial charge is 0.495 e. The van der Waals surface area contributed by atoms with Gasteiger partial charge in [-0.25, -0.2) is 9.59 Å². The summed E-state index contributed by atoms with van der Waals surface area (Å²) >= 11 is 0. The van der Waals surface area contributed by atoms with Gasteiger partial charge in [0.2, 0.25) is 0 Å². The molecule has 1 unspecified atom stereocenters. The summed E-state index contributed by atoms with van der Waals surface area (Å²) in [5.41, 5.74) is 2.12. The van der Waals surface area contributed by atoms with Crippen LogP contribution in [0.4, 0.5) is 21.0 Å². The molecular formula is C22H26N4O5. The molecule has 0 radical (unpaired) electrons. The molecule has 2 aromatic rings. The molecule has 0 saturated carbocycles. The summed E-state index contributed by atoms with van der Waals surface area (Å²) in [7, 11) is 1.45. The maximum atomic E-state index is 12.3. The molecule has 4 N–H and O–H groups in total. The second kappa shape index (κ2) is 11.4. The molecule has 0 saturated heterocycles. The zero-order valence-corrected chi connectivity index (χ0v) is 17.6. The highest BCUT2D eigenvalue weighted by atomic mass is 16.6. The summed E-state index contributed by atoms with van der Waals surface area (Å²) in [5, 5.41) is 26.3. The Balaban J connectivity index is 1.99. The number of alkyl carbamates (subject to hydrolysis) is 1. The van der Waals surface area contributed by atoms with Gasteiger partial charge >= 0.3 is 12.1 Å². The quantitative estimate of drug-likeness (QED) is 0.508. The van der Waals surface area contributed by atoms with Gasteiger partial charge < -0.3 is 30.5 Å². The third-order valence-corrected chi connectivity index (χ3v) is 4.49. The van der Waals surface area contributed by atoms with Crippen molar-refractivity contribution in [2.24, 2.45) is 0 Å². The number of amides is 3. The van der Waals surface area contributed by atoms with Crippen LogP contribution in [0, 0.1) is 11.3 Å². The fourth-order valence-electron chi connectivity index (χ4n) is 2.74. The fraction of sp³-hybridized carbons (Fsp3) is 0.318. The topological polar surface area (TPSA) is 133 Å². The van der Waals surface area contributed by atoms with Crippen LogP contribution in [0.3, 0.4) is 0 Å². The van der Waals surface area contributed by atoms with Gasteiger partial charge in [-0.05, 0) is 43.2 Å². The van der Waals surface area contributed by atoms with Gasteiger partial charge in [0.05, 0.1) is 25.3 Å². The molecule has 3 amide bonds. The number of aliphatic hydroxyl groups is 1. The maximum Gasteiger partial charge on any atom is 0.407 e. The lowest BCUT2D eigenvalue weighted by Crippen LogP contribution is -2.32. The standard InChI is InChI=1S/C22H26N4O5/c1-4-19(13-27)31-22(29)24-14(2)15-6-5-7-17(10-15)25-21(28)26-18-9-8-16(12-23)20(11-18)30-3/h5-11,14,19,27H,4,13H2,1-3H3,(H,24,29)(H2,25,26,28)/t14-,19?/m0/s1. The minimum absolute atomic E-state index is 0.238. The zero-order chi connectivity index (χ0) is 22.8. The SMILES string of the molecule is CCC(CO)OC(=O)N[C@@H](C)c1cccc(NC(=O)Nc2ccc(C#N)c(OC)c2)c1. The van der Waals surface area contributed by atoms with Crippen molar-refractivity contribution >= 4 is 23.5 Å². The summed E-state index contributed by atoms with van der Waals surface area (Å²) in [6, 6.07) is 12.9. The number of methoxy groups -OCH3 is 1. The molecule has 0 aliphatic rings. The highest BCUT2D eigenvalue weighted by molar-refractivity contribution is 6.00. The molecule has 2 aromatic carbocycles. The van der Waals surface area contributed by atoms with Crippen molar-refractivity contribution in [3.05, 3.63) is 53.6 Å². The lowest BCUT2D eigenvalue weighted by molar-refractivity contribution is 0.0539. The molecule has 2 atom stereocenters.